The van der Waals surface area contributed by atoms with Crippen molar-refractivity contribution in [2.45, 2.75) is 25.2 Å². The van der Waals surface area contributed by atoms with Gasteiger partial charge in [0.2, 0.25) is 0 Å². The van der Waals surface area contributed by atoms with Crippen LogP contribution in [0.2, 0.25) is 0 Å². The molecule has 1 saturated heterocycles. The molecule has 0 amide bonds. The summed E-state index contributed by atoms with van der Waals surface area (Å²) < 4.78 is 0. The number of nitrogens with zero attached hydrogens (tertiary/aromatic N) is 2. The Kier molecular flexibility index (Phi) is 3.61. The van der Waals surface area contributed by atoms with Crippen molar-refractivity contribution in [2.24, 2.45) is 0 Å². The second-order valence-electron chi connectivity index (χ2n) is 4.49. The third-order valence-electron chi connectivity index (χ3n) is 3.27. The van der Waals surface area contributed by atoms with Crippen LogP contribution in [0.5, 0.6) is 0 Å². The van der Waals surface area contributed by atoms with Crippen molar-refractivity contribution in [3.63, 3.8) is 0 Å². The average molecular weight is 237 g/mol. The van der Waals surface area contributed by atoms with E-state index in [0.29, 0.717) is 13.1 Å². The number of hydrogen-bond acceptors (Lipinski definition) is 5. The quantitative estimate of drug-likeness (QED) is 0.685. The predicted octanol–water partition coefficient (Wildman–Crippen LogP) is -0.0962. The summed E-state index contributed by atoms with van der Waals surface area (Å²) in [6.45, 7) is 2.97. The number of hydrogen-bond donors (Lipinski definition) is 3. The van der Waals surface area contributed by atoms with Gasteiger partial charge in [0.1, 0.15) is 0 Å². The summed E-state index contributed by atoms with van der Waals surface area (Å²) in [6, 6.07) is 4.16. The van der Waals surface area contributed by atoms with E-state index >= 15 is 0 Å². The fraction of sp³-hybridized carbons (Fsp3) is 0.583. The number of aliphatic hydroxyl groups is 2. The van der Waals surface area contributed by atoms with Crippen LogP contribution in [0.25, 0.3) is 0 Å². The maximum absolute atomic E-state index is 9.49. The van der Waals surface area contributed by atoms with Gasteiger partial charge < -0.3 is 20.4 Å². The minimum atomic E-state index is -0.661. The Hall–Kier alpha value is -1.17. The first-order valence-corrected chi connectivity index (χ1v) is 5.86. The summed E-state index contributed by atoms with van der Waals surface area (Å²) in [5.41, 5.74) is 1.92. The molecule has 0 bridgehead atoms. The first-order valence-electron chi connectivity index (χ1n) is 5.86. The van der Waals surface area contributed by atoms with Crippen molar-refractivity contribution in [3.05, 3.63) is 24.0 Å². The Labute approximate surface area is 101 Å². The molecular formula is C12H19N3O2. The highest BCUT2D eigenvalue weighted by Crippen LogP contribution is 2.21. The standard InChI is InChI=1S/C12H19N3O2/c1-8(13-2)10-4-3-9(5-14-10)15-6-11(16)12(17)7-15/h3-5,8,11-13,16-17H,6-7H2,1-2H3. The molecule has 3 atom stereocenters. The van der Waals surface area contributed by atoms with Gasteiger partial charge in [-0.15, -0.1) is 0 Å². The van der Waals surface area contributed by atoms with Crippen LogP contribution in [0.15, 0.2) is 18.3 Å². The summed E-state index contributed by atoms with van der Waals surface area (Å²) in [7, 11) is 1.90. The van der Waals surface area contributed by atoms with Gasteiger partial charge in [0, 0.05) is 19.1 Å². The van der Waals surface area contributed by atoms with E-state index in [4.69, 9.17) is 0 Å². The maximum atomic E-state index is 9.49. The molecule has 0 radical (unpaired) electrons. The molecule has 0 spiro atoms. The average Bonchev–Trinajstić information content (AvgIpc) is 2.69. The molecule has 2 heterocycles. The van der Waals surface area contributed by atoms with Gasteiger partial charge in [-0.1, -0.05) is 0 Å². The van der Waals surface area contributed by atoms with Gasteiger partial charge in [0.05, 0.1) is 29.8 Å². The molecule has 17 heavy (non-hydrogen) atoms. The molecule has 3 N–H and O–H groups in total. The largest absolute Gasteiger partial charge is 0.389 e. The lowest BCUT2D eigenvalue weighted by atomic mass is 10.2. The molecule has 1 fully saturated rings. The van der Waals surface area contributed by atoms with Gasteiger partial charge in [-0.25, -0.2) is 0 Å². The maximum Gasteiger partial charge on any atom is 0.0990 e. The van der Waals surface area contributed by atoms with Crippen LogP contribution < -0.4 is 10.2 Å². The van der Waals surface area contributed by atoms with Crippen LogP contribution in [0, 0.1) is 0 Å². The van der Waals surface area contributed by atoms with Crippen LogP contribution in [-0.2, 0) is 0 Å². The van der Waals surface area contributed by atoms with Crippen LogP contribution in [0.3, 0.4) is 0 Å². The van der Waals surface area contributed by atoms with Crippen LogP contribution in [-0.4, -0.2) is 47.5 Å². The van der Waals surface area contributed by atoms with E-state index in [0.717, 1.165) is 11.4 Å². The zero-order chi connectivity index (χ0) is 12.4. The first-order chi connectivity index (χ1) is 8.11. The molecule has 0 aromatic carbocycles. The number of β-amino-alcohol motifs (C(OH)–C–C–N with tert-alkyl or cyclic N) is 2. The Morgan fingerprint density at radius 2 is 2.00 bits per heavy atom. The molecule has 94 valence electrons. The van der Waals surface area contributed by atoms with Crippen molar-refractivity contribution in [1.82, 2.24) is 10.3 Å². The summed E-state index contributed by atoms with van der Waals surface area (Å²) in [5, 5.41) is 22.1. The molecule has 1 aliphatic heterocycles. The summed E-state index contributed by atoms with van der Waals surface area (Å²) in [6.07, 6.45) is 0.463. The van der Waals surface area contributed by atoms with Gasteiger partial charge in [0.15, 0.2) is 0 Å². The minimum absolute atomic E-state index is 0.221. The number of aliphatic hydroxyl groups excluding tert-OH is 2. The molecule has 5 nitrogen and oxygen atoms in total. The monoisotopic (exact) mass is 237 g/mol. The smallest absolute Gasteiger partial charge is 0.0990 e. The molecular weight excluding hydrogens is 218 g/mol. The lowest BCUT2D eigenvalue weighted by Crippen LogP contribution is -2.22. The van der Waals surface area contributed by atoms with Crippen molar-refractivity contribution in [3.8, 4) is 0 Å². The zero-order valence-corrected chi connectivity index (χ0v) is 10.2. The molecule has 2 rings (SSSR count). The molecule has 5 heteroatoms. The van der Waals surface area contributed by atoms with E-state index in [-0.39, 0.29) is 6.04 Å². The van der Waals surface area contributed by atoms with Crippen molar-refractivity contribution in [2.75, 3.05) is 25.0 Å². The first kappa shape index (κ1) is 12.3. The van der Waals surface area contributed by atoms with E-state index < -0.39 is 12.2 Å². The van der Waals surface area contributed by atoms with Crippen molar-refractivity contribution < 1.29 is 10.2 Å². The Morgan fingerprint density at radius 3 is 2.47 bits per heavy atom. The Bertz CT molecular complexity index is 359. The lowest BCUT2D eigenvalue weighted by molar-refractivity contribution is 0.0572. The highest BCUT2D eigenvalue weighted by Gasteiger charge is 2.29. The number of rotatable bonds is 3. The van der Waals surface area contributed by atoms with Crippen LogP contribution in [0.4, 0.5) is 5.69 Å². The second kappa shape index (κ2) is 5.00. The summed E-state index contributed by atoms with van der Waals surface area (Å²) in [4.78, 5) is 6.32. The van der Waals surface area contributed by atoms with Gasteiger partial charge in [0.25, 0.3) is 0 Å². The number of pyridine rings is 1. The normalized spacial score (nSPS) is 26.2. The van der Waals surface area contributed by atoms with Gasteiger partial charge >= 0.3 is 0 Å². The van der Waals surface area contributed by atoms with E-state index in [1.165, 1.54) is 0 Å². The number of aromatic nitrogens is 1. The van der Waals surface area contributed by atoms with Crippen molar-refractivity contribution in [1.29, 1.82) is 0 Å². The van der Waals surface area contributed by atoms with Crippen LogP contribution >= 0.6 is 0 Å². The second-order valence-corrected chi connectivity index (χ2v) is 4.49. The predicted molar refractivity (Wildman–Crippen MR) is 65.9 cm³/mol. The topological polar surface area (TPSA) is 68.6 Å². The molecule has 1 aromatic rings. The molecule has 1 aromatic heterocycles. The zero-order valence-electron chi connectivity index (χ0n) is 10.2. The molecule has 0 aliphatic carbocycles. The van der Waals surface area contributed by atoms with E-state index in [1.807, 2.05) is 31.0 Å². The van der Waals surface area contributed by atoms with E-state index in [2.05, 4.69) is 10.3 Å². The van der Waals surface area contributed by atoms with Gasteiger partial charge in [-0.2, -0.15) is 0 Å². The van der Waals surface area contributed by atoms with E-state index in [1.54, 1.807) is 6.20 Å². The fourth-order valence-electron chi connectivity index (χ4n) is 1.97. The Balaban J connectivity index is 2.08. The molecule has 3 unspecified atom stereocenters. The van der Waals surface area contributed by atoms with Gasteiger partial charge in [-0.05, 0) is 26.1 Å². The van der Waals surface area contributed by atoms with Gasteiger partial charge in [-0.3, -0.25) is 4.98 Å². The highest BCUT2D eigenvalue weighted by molar-refractivity contribution is 5.46. The van der Waals surface area contributed by atoms with Crippen molar-refractivity contribution >= 4 is 5.69 Å². The van der Waals surface area contributed by atoms with Crippen LogP contribution in [0.1, 0.15) is 18.7 Å². The fourth-order valence-corrected chi connectivity index (χ4v) is 1.97. The SMILES string of the molecule is CNC(C)c1ccc(N2CC(O)C(O)C2)cn1. The molecule has 0 saturated carbocycles. The van der Waals surface area contributed by atoms with E-state index in [9.17, 15) is 10.2 Å². The highest BCUT2D eigenvalue weighted by atomic mass is 16.3. The lowest BCUT2D eigenvalue weighted by Gasteiger charge is -2.18. The number of anilines is 1. The molecule has 1 aliphatic rings. The minimum Gasteiger partial charge on any atom is -0.389 e. The summed E-state index contributed by atoms with van der Waals surface area (Å²) in [5.74, 6) is 0. The third kappa shape index (κ3) is 2.57. The third-order valence-corrected chi connectivity index (χ3v) is 3.27. The Morgan fingerprint density at radius 1 is 1.35 bits per heavy atom. The summed E-state index contributed by atoms with van der Waals surface area (Å²) >= 11 is 0. The number of nitrogens with one attached hydrogen (secondary N) is 1.